The molecule has 0 spiro atoms. The minimum Gasteiger partial charge on any atom is -0.480 e. The Hall–Kier alpha value is -0.910. The second-order valence-electron chi connectivity index (χ2n) is 4.67. The molecule has 0 saturated carbocycles. The molecular weight excluding hydrogens is 266 g/mol. The minimum absolute atomic E-state index is 0.0100. The molecule has 0 radical (unpaired) electrons. The van der Waals surface area contributed by atoms with E-state index < -0.39 is 28.7 Å². The number of carbonyl (C=O) groups is 2. The van der Waals surface area contributed by atoms with Crippen LogP contribution in [0.15, 0.2) is 0 Å². The number of carbonyl (C=O) groups excluding carboxylic acids is 1. The van der Waals surface area contributed by atoms with E-state index >= 15 is 0 Å². The van der Waals surface area contributed by atoms with Gasteiger partial charge in [0.05, 0.1) is 5.75 Å². The van der Waals surface area contributed by atoms with Gasteiger partial charge >= 0.3 is 5.97 Å². The molecule has 6 heteroatoms. The van der Waals surface area contributed by atoms with E-state index in [1.54, 1.807) is 0 Å². The number of unbranched alkanes of at least 4 members (excludes halogenated alkanes) is 5. The van der Waals surface area contributed by atoms with Crippen molar-refractivity contribution in [3.05, 3.63) is 0 Å². The van der Waals surface area contributed by atoms with Crippen LogP contribution in [0.4, 0.5) is 0 Å². The highest BCUT2D eigenvalue weighted by Crippen LogP contribution is 2.06. The van der Waals surface area contributed by atoms with Gasteiger partial charge in [-0.2, -0.15) is 0 Å². The van der Waals surface area contributed by atoms with Crippen molar-refractivity contribution in [2.45, 2.75) is 58.4 Å². The predicted octanol–water partition coefficient (Wildman–Crippen LogP) is 1.68. The lowest BCUT2D eigenvalue weighted by Gasteiger charge is -2.12. The molecule has 0 aliphatic heterocycles. The third-order valence-corrected chi connectivity index (χ3v) is 4.20. The first-order valence-electron chi connectivity index (χ1n) is 6.82. The molecule has 0 aromatic rings. The van der Waals surface area contributed by atoms with E-state index in [4.69, 9.17) is 5.11 Å². The molecule has 0 heterocycles. The average molecular weight is 291 g/mol. The number of hydrogen-bond acceptors (Lipinski definition) is 3. The largest absolute Gasteiger partial charge is 0.480 e. The lowest BCUT2D eigenvalue weighted by molar-refractivity contribution is -0.140. The van der Waals surface area contributed by atoms with Crippen LogP contribution in [0.5, 0.6) is 0 Å². The number of carboxylic acids is 1. The predicted molar refractivity (Wildman–Crippen MR) is 76.5 cm³/mol. The van der Waals surface area contributed by atoms with E-state index in [2.05, 4.69) is 12.2 Å². The number of carboxylic acid groups (broad SMARTS) is 1. The molecule has 5 nitrogen and oxygen atoms in total. The van der Waals surface area contributed by atoms with Gasteiger partial charge in [0.25, 0.3) is 0 Å². The van der Waals surface area contributed by atoms with Crippen LogP contribution in [0.25, 0.3) is 0 Å². The molecule has 0 aliphatic carbocycles. The van der Waals surface area contributed by atoms with Gasteiger partial charge in [-0.25, -0.2) is 4.79 Å². The zero-order chi connectivity index (χ0) is 14.7. The molecule has 19 heavy (non-hydrogen) atoms. The molecule has 0 fully saturated rings. The van der Waals surface area contributed by atoms with Crippen molar-refractivity contribution in [1.29, 1.82) is 0 Å². The summed E-state index contributed by atoms with van der Waals surface area (Å²) in [6.07, 6.45) is 6.65. The van der Waals surface area contributed by atoms with Crippen molar-refractivity contribution in [1.82, 2.24) is 5.32 Å². The molecule has 0 aliphatic rings. The van der Waals surface area contributed by atoms with Crippen molar-refractivity contribution in [2.24, 2.45) is 0 Å². The summed E-state index contributed by atoms with van der Waals surface area (Å²) in [6, 6.07) is -1.04. The van der Waals surface area contributed by atoms with Crippen molar-refractivity contribution in [3.8, 4) is 0 Å². The van der Waals surface area contributed by atoms with Crippen molar-refractivity contribution < 1.29 is 18.9 Å². The quantitative estimate of drug-likeness (QED) is 0.567. The Kier molecular flexibility index (Phi) is 10.4. The molecule has 112 valence electrons. The normalized spacial score (nSPS) is 13.8. The summed E-state index contributed by atoms with van der Waals surface area (Å²) >= 11 is 0. The fourth-order valence-corrected chi connectivity index (χ4v) is 3.02. The zero-order valence-electron chi connectivity index (χ0n) is 11.8. The third-order valence-electron chi connectivity index (χ3n) is 2.75. The van der Waals surface area contributed by atoms with Gasteiger partial charge < -0.3 is 10.4 Å². The van der Waals surface area contributed by atoms with Gasteiger partial charge in [0.2, 0.25) is 5.91 Å². The lowest BCUT2D eigenvalue weighted by atomic mass is 10.1. The molecule has 1 amide bonds. The van der Waals surface area contributed by atoms with Crippen LogP contribution in [0.1, 0.15) is 52.4 Å². The SMILES string of the molecule is CCCCCCCCS(=O)C[C@H](NC(C)=O)C(=O)O. The zero-order valence-corrected chi connectivity index (χ0v) is 12.6. The summed E-state index contributed by atoms with van der Waals surface area (Å²) in [5.41, 5.74) is 0. The molecular formula is C13H25NO4S. The van der Waals surface area contributed by atoms with Gasteiger partial charge in [-0.3, -0.25) is 9.00 Å². The maximum Gasteiger partial charge on any atom is 0.327 e. The summed E-state index contributed by atoms with van der Waals surface area (Å²) in [5, 5.41) is 11.2. The van der Waals surface area contributed by atoms with E-state index in [9.17, 15) is 13.8 Å². The molecule has 2 N–H and O–H groups in total. The van der Waals surface area contributed by atoms with E-state index in [-0.39, 0.29) is 5.75 Å². The molecule has 2 atom stereocenters. The molecule has 0 bridgehead atoms. The maximum atomic E-state index is 11.7. The fourth-order valence-electron chi connectivity index (χ4n) is 1.73. The maximum absolute atomic E-state index is 11.7. The van der Waals surface area contributed by atoms with E-state index in [0.717, 1.165) is 19.3 Å². The third kappa shape index (κ3) is 10.7. The van der Waals surface area contributed by atoms with Gasteiger partial charge in [0, 0.05) is 23.5 Å². The monoisotopic (exact) mass is 291 g/mol. The second kappa shape index (κ2) is 11.0. The summed E-state index contributed by atoms with van der Waals surface area (Å²) in [6.45, 7) is 3.41. The Morgan fingerprint density at radius 2 is 1.74 bits per heavy atom. The topological polar surface area (TPSA) is 83.5 Å². The standard InChI is InChI=1S/C13H25NO4S/c1-3-4-5-6-7-8-9-19(18)10-12(13(16)17)14-11(2)15/h12H,3-10H2,1-2H3,(H,14,15)(H,16,17)/t12-,19?/m0/s1. The Morgan fingerprint density at radius 3 is 2.26 bits per heavy atom. The van der Waals surface area contributed by atoms with Crippen LogP contribution in [0.2, 0.25) is 0 Å². The molecule has 0 aromatic carbocycles. The molecule has 1 unspecified atom stereocenters. The van der Waals surface area contributed by atoms with Gasteiger partial charge in [0.1, 0.15) is 6.04 Å². The van der Waals surface area contributed by atoms with Gasteiger partial charge in [-0.15, -0.1) is 0 Å². The number of nitrogens with one attached hydrogen (secondary N) is 1. The first-order chi connectivity index (χ1) is 8.97. The average Bonchev–Trinajstić information content (AvgIpc) is 2.32. The van der Waals surface area contributed by atoms with Gasteiger partial charge in [0.15, 0.2) is 0 Å². The first kappa shape index (κ1) is 18.1. The Morgan fingerprint density at radius 1 is 1.16 bits per heavy atom. The van der Waals surface area contributed by atoms with Crippen molar-refractivity contribution in [3.63, 3.8) is 0 Å². The second-order valence-corrected chi connectivity index (χ2v) is 6.29. The van der Waals surface area contributed by atoms with Gasteiger partial charge in [-0.1, -0.05) is 39.0 Å². The molecule has 0 aromatic heterocycles. The highest BCUT2D eigenvalue weighted by atomic mass is 32.2. The van der Waals surface area contributed by atoms with Crippen LogP contribution < -0.4 is 5.32 Å². The van der Waals surface area contributed by atoms with E-state index in [0.29, 0.717) is 5.75 Å². The fraction of sp³-hybridized carbons (Fsp3) is 0.846. The van der Waals surface area contributed by atoms with Crippen molar-refractivity contribution >= 4 is 22.7 Å². The van der Waals surface area contributed by atoms with Crippen LogP contribution in [-0.4, -0.2) is 38.7 Å². The van der Waals surface area contributed by atoms with Crippen molar-refractivity contribution in [2.75, 3.05) is 11.5 Å². The summed E-state index contributed by atoms with van der Waals surface area (Å²) in [5.74, 6) is -1.05. The van der Waals surface area contributed by atoms with Gasteiger partial charge in [-0.05, 0) is 6.42 Å². The van der Waals surface area contributed by atoms with Crippen LogP contribution in [0, 0.1) is 0 Å². The lowest BCUT2D eigenvalue weighted by Crippen LogP contribution is -2.43. The number of rotatable bonds is 11. The number of aliphatic carboxylic acids is 1. The Bertz CT molecular complexity index is 307. The Balaban J connectivity index is 3.81. The first-order valence-corrected chi connectivity index (χ1v) is 8.31. The highest BCUT2D eigenvalue weighted by molar-refractivity contribution is 7.85. The van der Waals surface area contributed by atoms with E-state index in [1.807, 2.05) is 0 Å². The number of amides is 1. The van der Waals surface area contributed by atoms with E-state index in [1.165, 1.54) is 26.2 Å². The van der Waals surface area contributed by atoms with Crippen LogP contribution >= 0.6 is 0 Å². The van der Waals surface area contributed by atoms with Crippen LogP contribution in [0.3, 0.4) is 0 Å². The number of hydrogen-bond donors (Lipinski definition) is 2. The highest BCUT2D eigenvalue weighted by Gasteiger charge is 2.20. The molecule has 0 saturated heterocycles. The summed E-state index contributed by atoms with van der Waals surface area (Å²) < 4.78 is 11.7. The molecule has 0 rings (SSSR count). The minimum atomic E-state index is -1.19. The Labute approximate surface area is 117 Å². The summed E-state index contributed by atoms with van der Waals surface area (Å²) in [7, 11) is -1.19. The summed E-state index contributed by atoms with van der Waals surface area (Å²) in [4.78, 5) is 21.7. The smallest absolute Gasteiger partial charge is 0.327 e. The van der Waals surface area contributed by atoms with Crippen LogP contribution in [-0.2, 0) is 20.4 Å².